The molecule has 2 N–H and O–H groups in total. The van der Waals surface area contributed by atoms with E-state index in [1.165, 1.54) is 12.8 Å². The zero-order valence-electron chi connectivity index (χ0n) is 11.6. The van der Waals surface area contributed by atoms with Crippen LogP contribution in [0.4, 0.5) is 0 Å². The molecule has 108 valence electrons. The van der Waals surface area contributed by atoms with Crippen molar-refractivity contribution in [3.8, 4) is 0 Å². The van der Waals surface area contributed by atoms with Gasteiger partial charge in [-0.2, -0.15) is 0 Å². The normalized spacial score (nSPS) is 22.3. The summed E-state index contributed by atoms with van der Waals surface area (Å²) in [5.74, 6) is 0. The Kier molecular flexibility index (Phi) is 7.42. The Bertz CT molecular complexity index is 266. The highest BCUT2D eigenvalue weighted by molar-refractivity contribution is 7.53. The van der Waals surface area contributed by atoms with Crippen molar-refractivity contribution in [2.24, 2.45) is 5.73 Å². The summed E-state index contributed by atoms with van der Waals surface area (Å²) in [6, 6.07) is 0.426. The van der Waals surface area contributed by atoms with Crippen molar-refractivity contribution in [2.45, 2.75) is 39.2 Å². The second kappa shape index (κ2) is 8.28. The van der Waals surface area contributed by atoms with Crippen LogP contribution in [0.2, 0.25) is 0 Å². The van der Waals surface area contributed by atoms with E-state index in [1.807, 2.05) is 13.8 Å². The Morgan fingerprint density at radius 2 is 1.94 bits per heavy atom. The fraction of sp³-hybridized carbons (Fsp3) is 1.00. The standard InChI is InChI=1S/C12H27N2O3P/c1-3-16-18(15,17-4-2)10-9-14-8-6-5-7-12(14)11-13/h12H,3-11,13H2,1-2H3. The minimum absolute atomic E-state index is 0.426. The van der Waals surface area contributed by atoms with Crippen LogP contribution in [0, 0.1) is 0 Å². The summed E-state index contributed by atoms with van der Waals surface area (Å²) >= 11 is 0. The maximum atomic E-state index is 12.3. The molecule has 1 atom stereocenters. The zero-order valence-corrected chi connectivity index (χ0v) is 12.5. The number of hydrogen-bond acceptors (Lipinski definition) is 5. The summed E-state index contributed by atoms with van der Waals surface area (Å²) in [5.41, 5.74) is 5.78. The van der Waals surface area contributed by atoms with Crippen LogP contribution in [0.15, 0.2) is 0 Å². The molecule has 18 heavy (non-hydrogen) atoms. The number of likely N-dealkylation sites (tertiary alicyclic amines) is 1. The highest BCUT2D eigenvalue weighted by Crippen LogP contribution is 2.47. The highest BCUT2D eigenvalue weighted by atomic mass is 31.2. The minimum atomic E-state index is -2.91. The Hall–Kier alpha value is 0.0700. The van der Waals surface area contributed by atoms with Crippen LogP contribution in [0.3, 0.4) is 0 Å². The Morgan fingerprint density at radius 1 is 1.28 bits per heavy atom. The van der Waals surface area contributed by atoms with Crippen molar-refractivity contribution in [1.82, 2.24) is 4.90 Å². The van der Waals surface area contributed by atoms with Crippen LogP contribution >= 0.6 is 7.60 Å². The lowest BCUT2D eigenvalue weighted by Gasteiger charge is -2.35. The van der Waals surface area contributed by atoms with E-state index in [2.05, 4.69) is 4.90 Å². The first-order valence-electron chi connectivity index (χ1n) is 6.97. The first-order chi connectivity index (χ1) is 8.65. The number of rotatable bonds is 8. The van der Waals surface area contributed by atoms with Gasteiger partial charge < -0.3 is 14.8 Å². The molecule has 0 aromatic carbocycles. The molecular weight excluding hydrogens is 251 g/mol. The largest absolute Gasteiger partial charge is 0.331 e. The van der Waals surface area contributed by atoms with Crippen LogP contribution in [0.25, 0.3) is 0 Å². The number of hydrogen-bond donors (Lipinski definition) is 1. The lowest BCUT2D eigenvalue weighted by atomic mass is 10.0. The molecular formula is C12H27N2O3P. The number of nitrogens with zero attached hydrogens (tertiary/aromatic N) is 1. The van der Waals surface area contributed by atoms with Gasteiger partial charge in [-0.25, -0.2) is 0 Å². The van der Waals surface area contributed by atoms with Gasteiger partial charge in [0.05, 0.1) is 19.4 Å². The van der Waals surface area contributed by atoms with Gasteiger partial charge in [-0.15, -0.1) is 0 Å². The lowest BCUT2D eigenvalue weighted by molar-refractivity contribution is 0.154. The smallest absolute Gasteiger partial charge is 0.329 e. The van der Waals surface area contributed by atoms with Crippen molar-refractivity contribution < 1.29 is 13.6 Å². The number of piperidine rings is 1. The molecule has 0 aromatic rings. The van der Waals surface area contributed by atoms with Gasteiger partial charge in [-0.3, -0.25) is 9.46 Å². The highest BCUT2D eigenvalue weighted by Gasteiger charge is 2.27. The lowest BCUT2D eigenvalue weighted by Crippen LogP contribution is -2.45. The monoisotopic (exact) mass is 278 g/mol. The van der Waals surface area contributed by atoms with Crippen LogP contribution in [0.1, 0.15) is 33.1 Å². The van der Waals surface area contributed by atoms with E-state index < -0.39 is 7.60 Å². The molecule has 6 heteroatoms. The van der Waals surface area contributed by atoms with Gasteiger partial charge in [-0.05, 0) is 33.2 Å². The molecule has 1 aliphatic rings. The third-order valence-electron chi connectivity index (χ3n) is 3.33. The predicted molar refractivity (Wildman–Crippen MR) is 74.0 cm³/mol. The fourth-order valence-electron chi connectivity index (χ4n) is 2.43. The number of nitrogens with two attached hydrogens (primary N) is 1. The van der Waals surface area contributed by atoms with E-state index in [0.29, 0.717) is 32.0 Å². The molecule has 5 nitrogen and oxygen atoms in total. The first kappa shape index (κ1) is 16.1. The third-order valence-corrected chi connectivity index (χ3v) is 5.38. The average Bonchev–Trinajstić information content (AvgIpc) is 2.37. The molecule has 1 aliphatic heterocycles. The molecule has 1 heterocycles. The Morgan fingerprint density at radius 3 is 2.50 bits per heavy atom. The van der Waals surface area contributed by atoms with E-state index in [1.54, 1.807) is 0 Å². The Labute approximate surface area is 111 Å². The molecule has 1 fully saturated rings. The summed E-state index contributed by atoms with van der Waals surface area (Å²) < 4.78 is 23.0. The van der Waals surface area contributed by atoms with Gasteiger partial charge in [-0.1, -0.05) is 6.42 Å². The van der Waals surface area contributed by atoms with Crippen molar-refractivity contribution in [1.29, 1.82) is 0 Å². The van der Waals surface area contributed by atoms with Crippen molar-refractivity contribution in [2.75, 3.05) is 39.0 Å². The summed E-state index contributed by atoms with van der Waals surface area (Å²) in [4.78, 5) is 2.33. The van der Waals surface area contributed by atoms with E-state index in [0.717, 1.165) is 19.5 Å². The maximum absolute atomic E-state index is 12.3. The first-order valence-corrected chi connectivity index (χ1v) is 8.70. The van der Waals surface area contributed by atoms with E-state index in [9.17, 15) is 4.57 Å². The summed E-state index contributed by atoms with van der Waals surface area (Å²) in [5, 5.41) is 0. The van der Waals surface area contributed by atoms with E-state index in [-0.39, 0.29) is 0 Å². The third kappa shape index (κ3) is 4.98. The van der Waals surface area contributed by atoms with Gasteiger partial charge in [0.1, 0.15) is 0 Å². The van der Waals surface area contributed by atoms with Gasteiger partial charge >= 0.3 is 7.60 Å². The molecule has 0 aliphatic carbocycles. The van der Waals surface area contributed by atoms with Crippen LogP contribution < -0.4 is 5.73 Å². The second-order valence-electron chi connectivity index (χ2n) is 4.59. The SMILES string of the molecule is CCOP(=O)(CCN1CCCCC1CN)OCC. The predicted octanol–water partition coefficient (Wildman–Crippen LogP) is 2.07. The molecule has 1 saturated heterocycles. The van der Waals surface area contributed by atoms with Crippen LogP contribution in [-0.4, -0.2) is 50.0 Å². The van der Waals surface area contributed by atoms with Gasteiger partial charge in [0.25, 0.3) is 0 Å². The quantitative estimate of drug-likeness (QED) is 0.688. The molecule has 0 bridgehead atoms. The van der Waals surface area contributed by atoms with Crippen LogP contribution in [-0.2, 0) is 13.6 Å². The van der Waals surface area contributed by atoms with Gasteiger partial charge in [0.15, 0.2) is 0 Å². The Balaban J connectivity index is 2.47. The maximum Gasteiger partial charge on any atom is 0.331 e. The summed E-state index contributed by atoms with van der Waals surface area (Å²) in [6.45, 7) is 7.01. The molecule has 0 radical (unpaired) electrons. The van der Waals surface area contributed by atoms with Crippen molar-refractivity contribution in [3.05, 3.63) is 0 Å². The van der Waals surface area contributed by atoms with E-state index >= 15 is 0 Å². The molecule has 1 rings (SSSR count). The molecule has 0 aromatic heterocycles. The molecule has 0 amide bonds. The minimum Gasteiger partial charge on any atom is -0.329 e. The molecule has 0 spiro atoms. The second-order valence-corrected chi connectivity index (χ2v) is 6.78. The fourth-order valence-corrected chi connectivity index (χ4v) is 4.05. The van der Waals surface area contributed by atoms with Crippen LogP contribution in [0.5, 0.6) is 0 Å². The van der Waals surface area contributed by atoms with Crippen molar-refractivity contribution >= 4 is 7.60 Å². The van der Waals surface area contributed by atoms with Gasteiger partial charge in [0, 0.05) is 19.1 Å². The molecule has 1 unspecified atom stereocenters. The average molecular weight is 278 g/mol. The topological polar surface area (TPSA) is 64.8 Å². The zero-order chi connectivity index (χ0) is 13.4. The van der Waals surface area contributed by atoms with E-state index in [4.69, 9.17) is 14.8 Å². The summed E-state index contributed by atoms with van der Waals surface area (Å²) in [6.07, 6.45) is 4.05. The van der Waals surface area contributed by atoms with Gasteiger partial charge in [0.2, 0.25) is 0 Å². The summed E-state index contributed by atoms with van der Waals surface area (Å²) in [7, 11) is -2.91. The molecule has 0 saturated carbocycles. The van der Waals surface area contributed by atoms with Crippen molar-refractivity contribution in [3.63, 3.8) is 0 Å².